The van der Waals surface area contributed by atoms with Crippen molar-refractivity contribution in [1.82, 2.24) is 19.1 Å². The third-order valence-electron chi connectivity index (χ3n) is 4.00. The Morgan fingerprint density at radius 2 is 1.73 bits per heavy atom. The Morgan fingerprint density at radius 3 is 2.54 bits per heavy atom. The summed E-state index contributed by atoms with van der Waals surface area (Å²) in [5.74, 6) is 0. The van der Waals surface area contributed by atoms with Crippen molar-refractivity contribution in [1.29, 1.82) is 0 Å². The molecule has 5 rings (SSSR count). The van der Waals surface area contributed by atoms with Gasteiger partial charge in [-0.1, -0.05) is 53.0 Å². The molecule has 0 aliphatic rings. The topological polar surface area (TPSA) is 52.7 Å². The lowest BCUT2D eigenvalue weighted by atomic mass is 10.3. The molecule has 0 atom stereocenters. The molecule has 0 spiro atoms. The first-order valence-electron chi connectivity index (χ1n) is 7.77. The zero-order valence-corrected chi connectivity index (χ0v) is 15.6. The van der Waals surface area contributed by atoms with E-state index in [0.29, 0.717) is 19.4 Å². The van der Waals surface area contributed by atoms with Crippen molar-refractivity contribution in [3.63, 3.8) is 0 Å². The molecule has 0 bridgehead atoms. The second-order valence-corrected chi connectivity index (χ2v) is 8.23. The maximum Gasteiger partial charge on any atom is 0.279 e. The average Bonchev–Trinajstić information content (AvgIpc) is 3.23. The molecule has 0 radical (unpaired) electrons. The van der Waals surface area contributed by atoms with Crippen molar-refractivity contribution in [3.8, 4) is 10.8 Å². The lowest BCUT2D eigenvalue weighted by molar-refractivity contribution is 0.940. The molecule has 0 aliphatic carbocycles. The minimum atomic E-state index is -0.153. The highest BCUT2D eigenvalue weighted by Crippen LogP contribution is 2.26. The van der Waals surface area contributed by atoms with E-state index in [-0.39, 0.29) is 5.56 Å². The highest BCUT2D eigenvalue weighted by Gasteiger charge is 2.15. The quantitative estimate of drug-likeness (QED) is 0.411. The van der Waals surface area contributed by atoms with Gasteiger partial charge in [-0.2, -0.15) is 0 Å². The second kappa shape index (κ2) is 5.94. The Morgan fingerprint density at radius 1 is 0.962 bits per heavy atom. The van der Waals surface area contributed by atoms with Crippen molar-refractivity contribution in [3.05, 3.63) is 75.2 Å². The first kappa shape index (κ1) is 15.6. The van der Waals surface area contributed by atoms with Gasteiger partial charge in [0.05, 0.1) is 10.2 Å². The molecule has 0 saturated carbocycles. The van der Waals surface area contributed by atoms with E-state index in [4.69, 9.17) is 12.2 Å². The van der Waals surface area contributed by atoms with E-state index >= 15 is 0 Å². The van der Waals surface area contributed by atoms with Crippen LogP contribution in [0.15, 0.2) is 65.7 Å². The molecular weight excluding hydrogens is 384 g/mol. The standard InChI is InChI=1S/C18H10N4OS3/c23-16-14-15(22(18(24)26-14)11-6-2-1-3-7-11)19-10-21(16)17-20-12-8-4-5-9-13(12)25-17/h1-10H. The summed E-state index contributed by atoms with van der Waals surface area (Å²) in [7, 11) is 0. The minimum absolute atomic E-state index is 0.153. The van der Waals surface area contributed by atoms with Crippen molar-refractivity contribution >= 4 is 55.5 Å². The van der Waals surface area contributed by atoms with Gasteiger partial charge in [-0.05, 0) is 36.5 Å². The normalized spacial score (nSPS) is 11.4. The summed E-state index contributed by atoms with van der Waals surface area (Å²) in [6, 6.07) is 17.5. The molecule has 126 valence electrons. The molecule has 0 fully saturated rings. The first-order chi connectivity index (χ1) is 12.7. The van der Waals surface area contributed by atoms with Gasteiger partial charge < -0.3 is 0 Å². The number of benzene rings is 2. The number of thiazole rings is 2. The summed E-state index contributed by atoms with van der Waals surface area (Å²) in [6.45, 7) is 0. The molecule has 0 saturated heterocycles. The van der Waals surface area contributed by atoms with Crippen LogP contribution in [0.5, 0.6) is 0 Å². The van der Waals surface area contributed by atoms with Crippen LogP contribution in [0.25, 0.3) is 31.4 Å². The molecule has 0 amide bonds. The minimum Gasteiger partial charge on any atom is -0.275 e. The summed E-state index contributed by atoms with van der Waals surface area (Å²) in [4.78, 5) is 22.1. The van der Waals surface area contributed by atoms with Gasteiger partial charge in [0, 0.05) is 5.69 Å². The van der Waals surface area contributed by atoms with Gasteiger partial charge >= 0.3 is 0 Å². The highest BCUT2D eigenvalue weighted by atomic mass is 32.1. The maximum atomic E-state index is 13.0. The summed E-state index contributed by atoms with van der Waals surface area (Å²) < 4.78 is 5.48. The zero-order chi connectivity index (χ0) is 17.7. The summed E-state index contributed by atoms with van der Waals surface area (Å²) >= 11 is 8.23. The van der Waals surface area contributed by atoms with E-state index < -0.39 is 0 Å². The number of para-hydroxylation sites is 2. The van der Waals surface area contributed by atoms with Crippen LogP contribution < -0.4 is 5.56 Å². The van der Waals surface area contributed by atoms with Gasteiger partial charge in [-0.15, -0.1) is 0 Å². The van der Waals surface area contributed by atoms with E-state index in [0.717, 1.165) is 15.9 Å². The molecule has 0 N–H and O–H groups in total. The Kier molecular flexibility index (Phi) is 3.56. The largest absolute Gasteiger partial charge is 0.279 e. The van der Waals surface area contributed by atoms with Crippen LogP contribution in [0.4, 0.5) is 0 Å². The number of hydrogen-bond donors (Lipinski definition) is 0. The van der Waals surface area contributed by atoms with Crippen molar-refractivity contribution in [2.45, 2.75) is 0 Å². The van der Waals surface area contributed by atoms with Gasteiger partial charge in [0.15, 0.2) is 14.7 Å². The maximum absolute atomic E-state index is 13.0. The van der Waals surface area contributed by atoms with Crippen LogP contribution in [0.1, 0.15) is 0 Å². The number of hydrogen-bond acceptors (Lipinski definition) is 6. The fraction of sp³-hybridized carbons (Fsp3) is 0. The zero-order valence-electron chi connectivity index (χ0n) is 13.2. The predicted octanol–water partition coefficient (Wildman–Crippen LogP) is 4.58. The van der Waals surface area contributed by atoms with E-state index in [1.54, 1.807) is 0 Å². The second-order valence-electron chi connectivity index (χ2n) is 5.58. The van der Waals surface area contributed by atoms with Crippen molar-refractivity contribution in [2.24, 2.45) is 0 Å². The van der Waals surface area contributed by atoms with Crippen LogP contribution in [-0.4, -0.2) is 19.1 Å². The Balaban J connectivity index is 1.76. The van der Waals surface area contributed by atoms with Gasteiger partial charge in [-0.3, -0.25) is 9.36 Å². The fourth-order valence-electron chi connectivity index (χ4n) is 2.80. The lowest BCUT2D eigenvalue weighted by Gasteiger charge is -2.04. The number of rotatable bonds is 2. The third-order valence-corrected chi connectivity index (χ3v) is 6.39. The molecular formula is C18H10N4OS3. The number of fused-ring (bicyclic) bond motifs is 2. The Hall–Kier alpha value is -2.68. The Labute approximate surface area is 160 Å². The van der Waals surface area contributed by atoms with E-state index in [1.807, 2.05) is 59.2 Å². The molecule has 3 heterocycles. The van der Waals surface area contributed by atoms with Crippen molar-refractivity contribution < 1.29 is 0 Å². The summed E-state index contributed by atoms with van der Waals surface area (Å²) in [5.41, 5.74) is 2.19. The molecule has 5 nitrogen and oxygen atoms in total. The molecule has 0 aliphatic heterocycles. The molecule has 0 unspecified atom stereocenters. The van der Waals surface area contributed by atoms with E-state index in [2.05, 4.69) is 9.97 Å². The SMILES string of the molecule is O=c1c2sc(=S)n(-c3ccccc3)c2ncn1-c1nc2ccccc2s1. The van der Waals surface area contributed by atoms with Crippen LogP contribution in [0.3, 0.4) is 0 Å². The average molecular weight is 395 g/mol. The number of aromatic nitrogens is 4. The summed E-state index contributed by atoms with van der Waals surface area (Å²) in [6.07, 6.45) is 1.53. The van der Waals surface area contributed by atoms with E-state index in [1.165, 1.54) is 33.6 Å². The fourth-order valence-corrected chi connectivity index (χ4v) is 5.06. The van der Waals surface area contributed by atoms with Crippen LogP contribution in [0.2, 0.25) is 0 Å². The monoisotopic (exact) mass is 394 g/mol. The predicted molar refractivity (Wildman–Crippen MR) is 109 cm³/mol. The van der Waals surface area contributed by atoms with Crippen LogP contribution >= 0.6 is 34.9 Å². The lowest BCUT2D eigenvalue weighted by Crippen LogP contribution is -2.18. The van der Waals surface area contributed by atoms with Crippen LogP contribution in [-0.2, 0) is 0 Å². The molecule has 2 aromatic carbocycles. The van der Waals surface area contributed by atoms with Crippen LogP contribution in [0, 0.1) is 3.95 Å². The number of nitrogens with zero attached hydrogens (tertiary/aromatic N) is 4. The molecule has 3 aromatic heterocycles. The Bertz CT molecular complexity index is 1350. The molecule has 26 heavy (non-hydrogen) atoms. The summed E-state index contributed by atoms with van der Waals surface area (Å²) in [5, 5.41) is 0.608. The molecule has 5 aromatic rings. The van der Waals surface area contributed by atoms with Gasteiger partial charge in [0.2, 0.25) is 0 Å². The van der Waals surface area contributed by atoms with Crippen molar-refractivity contribution in [2.75, 3.05) is 0 Å². The van der Waals surface area contributed by atoms with Gasteiger partial charge in [-0.25, -0.2) is 14.5 Å². The van der Waals surface area contributed by atoms with Gasteiger partial charge in [0.25, 0.3) is 5.56 Å². The molecule has 8 heteroatoms. The first-order valence-corrected chi connectivity index (χ1v) is 9.81. The smallest absolute Gasteiger partial charge is 0.275 e. The van der Waals surface area contributed by atoms with E-state index in [9.17, 15) is 4.79 Å². The van der Waals surface area contributed by atoms with Gasteiger partial charge in [0.1, 0.15) is 11.0 Å². The highest BCUT2D eigenvalue weighted by molar-refractivity contribution is 7.73. The third kappa shape index (κ3) is 2.34.